The summed E-state index contributed by atoms with van der Waals surface area (Å²) in [4.78, 5) is 85.0. The summed E-state index contributed by atoms with van der Waals surface area (Å²) < 4.78 is 0. The van der Waals surface area contributed by atoms with Crippen LogP contribution in [0.3, 0.4) is 0 Å². The lowest BCUT2D eigenvalue weighted by Gasteiger charge is -2.38. The number of imide groups is 2. The number of aryl methyl sites for hydroxylation is 2. The van der Waals surface area contributed by atoms with Crippen LogP contribution in [-0.2, 0) is 22.4 Å². The second-order valence-electron chi connectivity index (χ2n) is 16.0. The minimum absolute atomic E-state index is 0.241. The van der Waals surface area contributed by atoms with E-state index in [0.29, 0.717) is 39.0 Å². The second-order valence-corrected chi connectivity index (χ2v) is 16.0. The molecule has 0 bridgehead atoms. The van der Waals surface area contributed by atoms with Crippen LogP contribution >= 0.6 is 0 Å². The van der Waals surface area contributed by atoms with Crippen LogP contribution in [0, 0.1) is 13.8 Å². The molecule has 3 aliphatic heterocycles. The topological polar surface area (TPSA) is 180 Å². The Bertz CT molecular complexity index is 2100. The second kappa shape index (κ2) is 18.5. The summed E-state index contributed by atoms with van der Waals surface area (Å²) in [5.74, 6) is -3.23. The monoisotopic (exact) mass is 814 g/mol. The number of aliphatic hydroxyl groups excluding tert-OH is 2. The van der Waals surface area contributed by atoms with E-state index in [1.54, 1.807) is 36.4 Å². The van der Waals surface area contributed by atoms with Gasteiger partial charge in [-0.05, 0) is 62.1 Å². The normalized spacial score (nSPS) is 17.6. The Balaban J connectivity index is 0.940. The fourth-order valence-corrected chi connectivity index (χ4v) is 8.13. The van der Waals surface area contributed by atoms with E-state index in [0.717, 1.165) is 32.1 Å². The average molecular weight is 815 g/mol. The van der Waals surface area contributed by atoms with Crippen molar-refractivity contribution in [3.63, 3.8) is 0 Å². The molecule has 14 nitrogen and oxygen atoms in total. The molecule has 4 aromatic carbocycles. The van der Waals surface area contributed by atoms with E-state index in [9.17, 15) is 39.0 Å². The van der Waals surface area contributed by atoms with Gasteiger partial charge in [0.15, 0.2) is 0 Å². The van der Waals surface area contributed by atoms with Gasteiger partial charge in [0.2, 0.25) is 11.8 Å². The van der Waals surface area contributed by atoms with E-state index < -0.39 is 72.8 Å². The predicted molar refractivity (Wildman–Crippen MR) is 222 cm³/mol. The number of β-amino-alcohol motifs (C(OH)–C–C–N with tert-alkyl or cyclic N) is 2. The highest BCUT2D eigenvalue weighted by atomic mass is 16.3. The summed E-state index contributed by atoms with van der Waals surface area (Å²) >= 11 is 0. The van der Waals surface area contributed by atoms with Crippen molar-refractivity contribution in [2.45, 2.75) is 51.0 Å². The fraction of sp³-hybridized carbons (Fsp3) is 0.348. The van der Waals surface area contributed by atoms with Gasteiger partial charge < -0.3 is 20.8 Å². The van der Waals surface area contributed by atoms with Gasteiger partial charge in [0, 0.05) is 39.3 Å². The third-order valence-corrected chi connectivity index (χ3v) is 11.4. The van der Waals surface area contributed by atoms with Crippen LogP contribution < -0.4 is 10.6 Å². The molecule has 6 amide bonds. The molecule has 4 atom stereocenters. The molecule has 0 spiro atoms. The number of hydrogen-bond donors (Lipinski definition) is 4. The molecule has 14 heteroatoms. The lowest BCUT2D eigenvalue weighted by atomic mass is 9.99. The van der Waals surface area contributed by atoms with Gasteiger partial charge in [-0.1, -0.05) is 83.9 Å². The first-order valence-corrected chi connectivity index (χ1v) is 20.3. The zero-order valence-electron chi connectivity index (χ0n) is 33.8. The van der Waals surface area contributed by atoms with Gasteiger partial charge in [-0.25, -0.2) is 0 Å². The number of piperazine rings is 1. The maximum atomic E-state index is 13.4. The number of carbonyl (C=O) groups excluding carboxylic acids is 6. The van der Waals surface area contributed by atoms with Gasteiger partial charge in [0.25, 0.3) is 23.6 Å². The van der Waals surface area contributed by atoms with Crippen molar-refractivity contribution in [2.24, 2.45) is 0 Å². The Hall–Kier alpha value is -6.06. The lowest BCUT2D eigenvalue weighted by molar-refractivity contribution is -0.123. The molecule has 1 saturated heterocycles. The number of amides is 6. The van der Waals surface area contributed by atoms with Gasteiger partial charge in [0.05, 0.1) is 46.5 Å². The zero-order valence-corrected chi connectivity index (χ0v) is 33.8. The Kier molecular flexibility index (Phi) is 13.0. The van der Waals surface area contributed by atoms with E-state index in [1.807, 2.05) is 74.5 Å². The SMILES string of the molecule is Cc1ccc2c(c1)C(=O)N(CC(=O)N[C@@H](Cc1ccccc1)[C@H](O)CN1CCN(C[C@H](O)[C@@H](Cc3ccccc3)NC(=O)CN3C(=O)c4ccc(C)cc4C3=O)CC1)C2=O. The first kappa shape index (κ1) is 42.1. The Morgan fingerprint density at radius 1 is 0.533 bits per heavy atom. The maximum Gasteiger partial charge on any atom is 0.262 e. The van der Waals surface area contributed by atoms with Crippen LogP contribution in [0.15, 0.2) is 97.1 Å². The molecule has 4 aromatic rings. The Labute approximate surface area is 348 Å². The van der Waals surface area contributed by atoms with Crippen molar-refractivity contribution >= 4 is 35.4 Å². The number of rotatable bonds is 16. The van der Waals surface area contributed by atoms with E-state index in [2.05, 4.69) is 20.4 Å². The van der Waals surface area contributed by atoms with Gasteiger partial charge in [-0.2, -0.15) is 0 Å². The summed E-state index contributed by atoms with van der Waals surface area (Å²) in [5, 5.41) is 28.9. The zero-order chi connectivity index (χ0) is 42.5. The summed E-state index contributed by atoms with van der Waals surface area (Å²) in [5.41, 5.74) is 4.51. The highest BCUT2D eigenvalue weighted by Gasteiger charge is 2.39. The molecule has 0 saturated carbocycles. The summed E-state index contributed by atoms with van der Waals surface area (Å²) in [6, 6.07) is 27.4. The van der Waals surface area contributed by atoms with E-state index in [1.165, 1.54) is 0 Å². The summed E-state index contributed by atoms with van der Waals surface area (Å²) in [7, 11) is 0. The number of nitrogens with zero attached hydrogens (tertiary/aromatic N) is 4. The molecule has 0 unspecified atom stereocenters. The van der Waals surface area contributed by atoms with Crippen LogP contribution in [0.2, 0.25) is 0 Å². The molecule has 1 fully saturated rings. The van der Waals surface area contributed by atoms with Gasteiger partial charge in [-0.3, -0.25) is 48.4 Å². The number of benzene rings is 4. The van der Waals surface area contributed by atoms with Gasteiger partial charge >= 0.3 is 0 Å². The van der Waals surface area contributed by atoms with Crippen LogP contribution in [0.25, 0.3) is 0 Å². The minimum atomic E-state index is -0.993. The number of fused-ring (bicyclic) bond motifs is 2. The first-order chi connectivity index (χ1) is 28.8. The van der Waals surface area contributed by atoms with Crippen molar-refractivity contribution in [3.05, 3.63) is 142 Å². The summed E-state index contributed by atoms with van der Waals surface area (Å²) in [6.45, 7) is 5.40. The van der Waals surface area contributed by atoms with Crippen molar-refractivity contribution in [3.8, 4) is 0 Å². The maximum absolute atomic E-state index is 13.4. The molecule has 0 aromatic heterocycles. The number of nitrogens with one attached hydrogen (secondary N) is 2. The van der Waals surface area contributed by atoms with Crippen molar-refractivity contribution in [1.82, 2.24) is 30.2 Å². The van der Waals surface area contributed by atoms with Crippen molar-refractivity contribution in [2.75, 3.05) is 52.4 Å². The smallest absolute Gasteiger partial charge is 0.262 e. The van der Waals surface area contributed by atoms with E-state index in [4.69, 9.17) is 0 Å². The third-order valence-electron chi connectivity index (χ3n) is 11.4. The Morgan fingerprint density at radius 2 is 0.883 bits per heavy atom. The Morgan fingerprint density at radius 3 is 1.25 bits per heavy atom. The number of hydrogen-bond acceptors (Lipinski definition) is 10. The standard InChI is InChI=1S/C46H50N6O8/c1-29-13-15-33-35(21-29)45(59)51(43(33)57)27-41(55)47-37(23-31-9-5-3-6-10-31)39(53)25-49-17-19-50(20-18-49)26-40(54)38(24-32-11-7-4-8-12-32)48-42(56)28-52-44(58)34-16-14-30(2)22-36(34)46(52)60/h3-16,21-22,37-40,53-54H,17-20,23-28H2,1-2H3,(H,47,55)(H,48,56)/t37-,38+,39+,40-. The molecule has 0 aliphatic carbocycles. The lowest BCUT2D eigenvalue weighted by Crippen LogP contribution is -2.57. The molecular formula is C46H50N6O8. The highest BCUT2D eigenvalue weighted by molar-refractivity contribution is 6.23. The molecule has 0 radical (unpaired) electrons. The predicted octanol–water partition coefficient (Wildman–Crippen LogP) is 1.99. The quantitative estimate of drug-likeness (QED) is 0.122. The molecule has 3 aliphatic rings. The van der Waals surface area contributed by atoms with Crippen molar-refractivity contribution in [1.29, 1.82) is 0 Å². The van der Waals surface area contributed by atoms with Crippen LogP contribution in [-0.4, -0.2) is 142 Å². The minimum Gasteiger partial charge on any atom is -0.390 e. The largest absolute Gasteiger partial charge is 0.390 e. The molecule has 7 rings (SSSR count). The third kappa shape index (κ3) is 9.69. The molecule has 4 N–H and O–H groups in total. The van der Waals surface area contributed by atoms with Crippen molar-refractivity contribution < 1.29 is 39.0 Å². The highest BCUT2D eigenvalue weighted by Crippen LogP contribution is 2.25. The summed E-state index contributed by atoms with van der Waals surface area (Å²) in [6.07, 6.45) is -1.34. The van der Waals surface area contributed by atoms with Gasteiger partial charge in [0.1, 0.15) is 13.1 Å². The number of aliphatic hydroxyl groups is 2. The van der Waals surface area contributed by atoms with Crippen LogP contribution in [0.4, 0.5) is 0 Å². The molecule has 312 valence electrons. The van der Waals surface area contributed by atoms with E-state index in [-0.39, 0.29) is 35.3 Å². The van der Waals surface area contributed by atoms with Gasteiger partial charge in [-0.15, -0.1) is 0 Å². The van der Waals surface area contributed by atoms with Crippen LogP contribution in [0.5, 0.6) is 0 Å². The molecule has 3 heterocycles. The first-order valence-electron chi connectivity index (χ1n) is 20.3. The molecule has 60 heavy (non-hydrogen) atoms. The fourth-order valence-electron chi connectivity index (χ4n) is 8.13. The van der Waals surface area contributed by atoms with Crippen LogP contribution in [0.1, 0.15) is 63.7 Å². The number of carbonyl (C=O) groups is 6. The molecular weight excluding hydrogens is 765 g/mol. The van der Waals surface area contributed by atoms with E-state index >= 15 is 0 Å². The average Bonchev–Trinajstić information content (AvgIpc) is 3.60.